The average Bonchev–Trinajstić information content (AvgIpc) is 3.44. The van der Waals surface area contributed by atoms with Gasteiger partial charge < -0.3 is 19.7 Å². The number of hydrogen-bond donors (Lipinski definition) is 1. The normalized spacial score (nSPS) is 17.7. The molecule has 11 nitrogen and oxygen atoms in total. The van der Waals surface area contributed by atoms with Crippen LogP contribution in [0.3, 0.4) is 0 Å². The molecule has 2 aliphatic heterocycles. The van der Waals surface area contributed by atoms with E-state index in [0.717, 1.165) is 19.4 Å². The van der Waals surface area contributed by atoms with Gasteiger partial charge in [-0.3, -0.25) is 19.1 Å². The van der Waals surface area contributed by atoms with E-state index in [0.29, 0.717) is 53.7 Å². The monoisotopic (exact) mass is 653 g/mol. The van der Waals surface area contributed by atoms with Crippen molar-refractivity contribution in [2.45, 2.75) is 52.2 Å². The average molecular weight is 655 g/mol. The third-order valence-corrected chi connectivity index (χ3v) is 9.01. The number of nitrogens with zero attached hydrogens (tertiary/aromatic N) is 6. The molecule has 2 saturated heterocycles. The van der Waals surface area contributed by atoms with E-state index in [-0.39, 0.29) is 50.1 Å². The molecule has 2 fully saturated rings. The Bertz CT molecular complexity index is 1740. The van der Waals surface area contributed by atoms with Gasteiger partial charge in [0, 0.05) is 62.0 Å². The molecule has 0 saturated carbocycles. The standard InChI is InChI=1S/C32H37Cl2N7O4/c1-32(2,3)12-19(13-35)29(42)39-15-21(16-39)40-9-7-8-20(40)17-41-28-18(14-37-31(36-4)38-28)10-22(30(41)43)25-26(33)23(44-5)11-24(45-6)27(25)34/h10-12,14,20-21H,7-9,15-17H2,1-6H3,(H,36,37,38). The van der Waals surface area contributed by atoms with Gasteiger partial charge in [-0.15, -0.1) is 0 Å². The number of fused-ring (bicyclic) bond motifs is 1. The number of anilines is 1. The van der Waals surface area contributed by atoms with Crippen LogP contribution in [-0.2, 0) is 11.3 Å². The molecule has 5 rings (SSSR count). The minimum Gasteiger partial charge on any atom is -0.495 e. The zero-order valence-corrected chi connectivity index (χ0v) is 27.8. The molecule has 2 aromatic heterocycles. The summed E-state index contributed by atoms with van der Waals surface area (Å²) in [6.45, 7) is 8.13. The Morgan fingerprint density at radius 3 is 2.42 bits per heavy atom. The number of halogens is 2. The first-order valence-electron chi connectivity index (χ1n) is 14.8. The highest BCUT2D eigenvalue weighted by Crippen LogP contribution is 2.45. The first kappa shape index (κ1) is 32.5. The number of carbonyl (C=O) groups is 1. The third kappa shape index (κ3) is 6.32. The third-order valence-electron chi connectivity index (χ3n) is 8.26. The second kappa shape index (κ2) is 12.9. The van der Waals surface area contributed by atoms with E-state index in [9.17, 15) is 14.9 Å². The smallest absolute Gasteiger partial charge is 0.264 e. The number of methoxy groups -OCH3 is 2. The van der Waals surface area contributed by atoms with Crippen molar-refractivity contribution in [2.24, 2.45) is 5.41 Å². The lowest BCUT2D eigenvalue weighted by Crippen LogP contribution is -2.62. The molecular weight excluding hydrogens is 617 g/mol. The summed E-state index contributed by atoms with van der Waals surface area (Å²) >= 11 is 13.5. The van der Waals surface area contributed by atoms with Gasteiger partial charge >= 0.3 is 0 Å². The van der Waals surface area contributed by atoms with E-state index < -0.39 is 0 Å². The predicted octanol–water partition coefficient (Wildman–Crippen LogP) is 5.00. The number of benzene rings is 1. The highest BCUT2D eigenvalue weighted by atomic mass is 35.5. The number of carbonyl (C=O) groups excluding carboxylic acids is 1. The number of likely N-dealkylation sites (tertiary alicyclic amines) is 2. The quantitative estimate of drug-likeness (QED) is 0.264. The molecule has 0 aliphatic carbocycles. The van der Waals surface area contributed by atoms with Crippen molar-refractivity contribution < 1.29 is 14.3 Å². The molecule has 1 N–H and O–H groups in total. The Morgan fingerprint density at radius 1 is 1.18 bits per heavy atom. The molecule has 1 aromatic carbocycles. The Kier molecular flexibility index (Phi) is 9.31. The van der Waals surface area contributed by atoms with Crippen molar-refractivity contribution in [3.63, 3.8) is 0 Å². The van der Waals surface area contributed by atoms with Gasteiger partial charge in [-0.2, -0.15) is 10.2 Å². The lowest BCUT2D eigenvalue weighted by atomic mass is 9.93. The zero-order valence-electron chi connectivity index (χ0n) is 26.3. The summed E-state index contributed by atoms with van der Waals surface area (Å²) in [5.41, 5.74) is 0.631. The van der Waals surface area contributed by atoms with Crippen molar-refractivity contribution in [2.75, 3.05) is 46.2 Å². The minimum absolute atomic E-state index is 0.0164. The number of hydrogen-bond acceptors (Lipinski definition) is 9. The molecule has 45 heavy (non-hydrogen) atoms. The molecule has 1 unspecified atom stereocenters. The number of nitriles is 1. The molecule has 1 amide bonds. The maximum atomic E-state index is 14.4. The van der Waals surface area contributed by atoms with Crippen LogP contribution in [0.4, 0.5) is 5.95 Å². The van der Waals surface area contributed by atoms with Crippen molar-refractivity contribution in [3.8, 4) is 28.7 Å². The van der Waals surface area contributed by atoms with Crippen LogP contribution in [0.2, 0.25) is 10.0 Å². The first-order valence-corrected chi connectivity index (χ1v) is 15.5. The van der Waals surface area contributed by atoms with Crippen LogP contribution in [0.25, 0.3) is 22.2 Å². The summed E-state index contributed by atoms with van der Waals surface area (Å²) in [6.07, 6.45) is 5.21. The number of nitrogens with one attached hydrogen (secondary N) is 1. The number of pyridine rings is 1. The molecule has 4 heterocycles. The van der Waals surface area contributed by atoms with Crippen LogP contribution in [0.1, 0.15) is 33.6 Å². The van der Waals surface area contributed by atoms with Crippen LogP contribution >= 0.6 is 23.2 Å². The fourth-order valence-corrected chi connectivity index (χ4v) is 6.78. The maximum absolute atomic E-state index is 14.4. The van der Waals surface area contributed by atoms with E-state index in [1.807, 2.05) is 20.8 Å². The van der Waals surface area contributed by atoms with Gasteiger partial charge in [0.2, 0.25) is 5.95 Å². The summed E-state index contributed by atoms with van der Waals surface area (Å²) in [5.74, 6) is 0.788. The molecule has 238 valence electrons. The Morgan fingerprint density at radius 2 is 1.84 bits per heavy atom. The largest absolute Gasteiger partial charge is 0.495 e. The van der Waals surface area contributed by atoms with Crippen LogP contribution < -0.4 is 20.3 Å². The number of ether oxygens (including phenoxy) is 2. The van der Waals surface area contributed by atoms with Crippen molar-refractivity contribution in [1.82, 2.24) is 24.3 Å². The van der Waals surface area contributed by atoms with E-state index >= 15 is 0 Å². The molecule has 13 heteroatoms. The Balaban J connectivity index is 1.51. The molecule has 1 atom stereocenters. The van der Waals surface area contributed by atoms with E-state index in [2.05, 4.69) is 26.3 Å². The fourth-order valence-electron chi connectivity index (χ4n) is 6.07. The molecule has 2 aliphatic rings. The Hall–Kier alpha value is -3.85. The highest BCUT2D eigenvalue weighted by molar-refractivity contribution is 6.41. The van der Waals surface area contributed by atoms with Gasteiger partial charge in [0.25, 0.3) is 11.5 Å². The summed E-state index contributed by atoms with van der Waals surface area (Å²) < 4.78 is 12.6. The maximum Gasteiger partial charge on any atom is 0.264 e. The predicted molar refractivity (Wildman–Crippen MR) is 175 cm³/mol. The summed E-state index contributed by atoms with van der Waals surface area (Å²) in [6, 6.07) is 5.49. The lowest BCUT2D eigenvalue weighted by Gasteiger charge is -2.46. The summed E-state index contributed by atoms with van der Waals surface area (Å²) in [7, 11) is 4.68. The van der Waals surface area contributed by atoms with Gasteiger partial charge in [0.1, 0.15) is 28.8 Å². The number of rotatable bonds is 8. The number of allylic oxidation sites excluding steroid dienone is 1. The van der Waals surface area contributed by atoms with Gasteiger partial charge in [0.05, 0.1) is 29.8 Å². The fraction of sp³-hybridized carbons (Fsp3) is 0.469. The van der Waals surface area contributed by atoms with Gasteiger partial charge in [-0.1, -0.05) is 50.0 Å². The Labute approximate surface area is 272 Å². The molecular formula is C32H37Cl2N7O4. The van der Waals surface area contributed by atoms with Crippen LogP contribution in [-0.4, -0.2) is 83.2 Å². The van der Waals surface area contributed by atoms with E-state index in [1.165, 1.54) is 14.2 Å². The van der Waals surface area contributed by atoms with Crippen LogP contribution in [0.15, 0.2) is 34.8 Å². The second-order valence-corrected chi connectivity index (χ2v) is 13.2. The van der Waals surface area contributed by atoms with Gasteiger partial charge in [0.15, 0.2) is 0 Å². The topological polar surface area (TPSA) is 126 Å². The molecule has 0 spiro atoms. The SMILES string of the molecule is CNc1ncc2cc(-c3c(Cl)c(OC)cc(OC)c3Cl)c(=O)n(CC3CCCN3C3CN(C(=O)C(C#N)=CC(C)(C)C)C3)c2n1. The van der Waals surface area contributed by atoms with Crippen LogP contribution in [0.5, 0.6) is 11.5 Å². The first-order chi connectivity index (χ1) is 21.4. The van der Waals surface area contributed by atoms with Gasteiger partial charge in [-0.25, -0.2) is 4.98 Å². The summed E-state index contributed by atoms with van der Waals surface area (Å²) in [4.78, 5) is 40.5. The highest BCUT2D eigenvalue weighted by Gasteiger charge is 2.41. The molecule has 0 bridgehead atoms. The van der Waals surface area contributed by atoms with E-state index in [4.69, 9.17) is 32.7 Å². The van der Waals surface area contributed by atoms with Crippen molar-refractivity contribution in [1.29, 1.82) is 5.26 Å². The lowest BCUT2D eigenvalue weighted by molar-refractivity contribution is -0.134. The second-order valence-electron chi connectivity index (χ2n) is 12.4. The van der Waals surface area contributed by atoms with Gasteiger partial charge in [-0.05, 0) is 30.9 Å². The molecule has 0 radical (unpaired) electrons. The number of aromatic nitrogens is 3. The number of amides is 1. The van der Waals surface area contributed by atoms with Crippen molar-refractivity contribution >= 4 is 46.1 Å². The minimum atomic E-state index is -0.314. The van der Waals surface area contributed by atoms with Crippen molar-refractivity contribution in [3.05, 3.63) is 50.4 Å². The van der Waals surface area contributed by atoms with Crippen LogP contribution in [0, 0.1) is 16.7 Å². The van der Waals surface area contributed by atoms with E-state index in [1.54, 1.807) is 40.9 Å². The zero-order chi connectivity index (χ0) is 32.6. The molecule has 3 aromatic rings. The summed E-state index contributed by atoms with van der Waals surface area (Å²) in [5, 5.41) is 13.6.